The first-order valence-electron chi connectivity index (χ1n) is 11.7. The first kappa shape index (κ1) is 30.8. The van der Waals surface area contributed by atoms with Gasteiger partial charge in [0.2, 0.25) is 16.9 Å². The lowest BCUT2D eigenvalue weighted by atomic mass is 10.1. The molecule has 212 valence electrons. The third-order valence-electron chi connectivity index (χ3n) is 5.19. The zero-order valence-electron chi connectivity index (χ0n) is 21.5. The summed E-state index contributed by atoms with van der Waals surface area (Å²) in [6.45, 7) is 1.73. The number of rotatable bonds is 9. The normalized spacial score (nSPS) is 16.4. The Kier molecular flexibility index (Phi) is 10.9. The molecule has 1 aromatic carbocycles. The Labute approximate surface area is 241 Å². The number of anilines is 2. The number of thiazole rings is 2. The summed E-state index contributed by atoms with van der Waals surface area (Å²) in [6.07, 6.45) is 2.33. The monoisotopic (exact) mass is 605 g/mol. The number of carbonyl (C=O) groups excluding carboxylic acids is 3. The number of nitrogens with one attached hydrogen (secondary N) is 1. The Balaban J connectivity index is 0.000000220. The van der Waals surface area contributed by atoms with E-state index in [0.29, 0.717) is 17.3 Å². The van der Waals surface area contributed by atoms with Crippen molar-refractivity contribution in [1.29, 1.82) is 0 Å². The highest BCUT2D eigenvalue weighted by molar-refractivity contribution is 8.01. The molecule has 0 unspecified atom stereocenters. The second kappa shape index (κ2) is 14.1. The number of aliphatic imine (C=N–C) groups is 1. The largest absolute Gasteiger partial charge is 0.476 e. The van der Waals surface area contributed by atoms with Crippen LogP contribution >= 0.6 is 34.4 Å². The topological polar surface area (TPSA) is 203 Å². The van der Waals surface area contributed by atoms with Gasteiger partial charge in [-0.25, -0.2) is 29.4 Å². The lowest BCUT2D eigenvalue weighted by Crippen LogP contribution is -2.54. The van der Waals surface area contributed by atoms with Gasteiger partial charge in [-0.3, -0.25) is 15.3 Å². The van der Waals surface area contributed by atoms with Crippen molar-refractivity contribution in [3.8, 4) is 0 Å². The molecule has 16 heteroatoms. The van der Waals surface area contributed by atoms with Crippen LogP contribution < -0.4 is 21.7 Å². The van der Waals surface area contributed by atoms with E-state index < -0.39 is 23.1 Å². The van der Waals surface area contributed by atoms with Crippen molar-refractivity contribution in [1.82, 2.24) is 9.97 Å². The molecule has 3 aromatic rings. The van der Waals surface area contributed by atoms with E-state index in [-0.39, 0.29) is 34.8 Å². The van der Waals surface area contributed by atoms with E-state index in [1.807, 2.05) is 30.3 Å². The van der Waals surface area contributed by atoms with Crippen LogP contribution in [0.1, 0.15) is 39.9 Å². The fourth-order valence-corrected chi connectivity index (χ4v) is 5.69. The van der Waals surface area contributed by atoms with Gasteiger partial charge in [0.15, 0.2) is 21.7 Å². The fraction of sp³-hybridized carbons (Fsp3) is 0.292. The SMILES string of the molecule is CCC(=O)N(c1nc(C(=O)OC)cs1)[C@]1(N)N=CCS1.N[C@@H](Cc1ccccc1)C(=O)Nc1nc(C(=O)O)cs1. The van der Waals surface area contributed by atoms with Crippen molar-refractivity contribution < 1.29 is 29.0 Å². The minimum absolute atomic E-state index is 0.0954. The quantitative estimate of drug-likeness (QED) is 0.206. The lowest BCUT2D eigenvalue weighted by molar-refractivity contribution is -0.119. The maximum absolute atomic E-state index is 12.2. The number of methoxy groups -OCH3 is 1. The second-order valence-corrected chi connectivity index (χ2v) is 10.9. The summed E-state index contributed by atoms with van der Waals surface area (Å²) >= 11 is 3.53. The summed E-state index contributed by atoms with van der Waals surface area (Å²) in [6, 6.07) is 8.70. The summed E-state index contributed by atoms with van der Waals surface area (Å²) in [5.74, 6) is -1.65. The highest BCUT2D eigenvalue weighted by atomic mass is 32.2. The van der Waals surface area contributed by atoms with Crippen molar-refractivity contribution in [2.24, 2.45) is 16.5 Å². The maximum Gasteiger partial charge on any atom is 0.357 e. The first-order valence-corrected chi connectivity index (χ1v) is 14.4. The zero-order chi connectivity index (χ0) is 29.3. The molecule has 1 aliphatic heterocycles. The number of esters is 1. The van der Waals surface area contributed by atoms with Crippen molar-refractivity contribution >= 4 is 74.7 Å². The Hall–Kier alpha value is -3.70. The predicted octanol–water partition coefficient (Wildman–Crippen LogP) is 2.41. The molecule has 0 fully saturated rings. The number of carbonyl (C=O) groups is 4. The van der Waals surface area contributed by atoms with Crippen LogP contribution in [0.5, 0.6) is 0 Å². The standard InChI is InChI=1S/C13H13N3O3S.C11H14N4O3S2/c14-9(6-8-4-2-1-3-5-8)11(17)16-13-15-10(7-20-13)12(18)19;1-3-8(16)15(11(12)13-4-5-20-11)10-14-7(6-19-10)9(17)18-2/h1-5,7,9H,6,14H2,(H,18,19)(H,15,16,17);4,6H,3,5,12H2,1-2H3/t9-;11-/m00/s1. The third-order valence-corrected chi connectivity index (χ3v) is 7.80. The number of carboxylic acids is 1. The third kappa shape index (κ3) is 7.92. The minimum atomic E-state index is -1.20. The number of nitrogens with zero attached hydrogens (tertiary/aromatic N) is 4. The molecule has 4 rings (SSSR count). The molecule has 1 aliphatic rings. The Bertz CT molecular complexity index is 1380. The number of nitrogens with two attached hydrogens (primary N) is 2. The number of carboxylic acid groups (broad SMARTS) is 1. The van der Waals surface area contributed by atoms with Crippen LogP contribution in [0, 0.1) is 0 Å². The van der Waals surface area contributed by atoms with E-state index in [1.54, 1.807) is 13.1 Å². The number of amides is 2. The molecule has 0 saturated carbocycles. The van der Waals surface area contributed by atoms with Crippen molar-refractivity contribution in [3.05, 3.63) is 58.0 Å². The molecule has 2 atom stereocenters. The molecule has 2 amide bonds. The van der Waals surface area contributed by atoms with Crippen LogP contribution in [0.2, 0.25) is 0 Å². The van der Waals surface area contributed by atoms with Gasteiger partial charge in [-0.1, -0.05) is 49.0 Å². The average Bonchev–Trinajstić information content (AvgIpc) is 3.71. The van der Waals surface area contributed by atoms with Crippen LogP contribution in [-0.2, 0) is 20.7 Å². The minimum Gasteiger partial charge on any atom is -0.476 e. The molecule has 6 N–H and O–H groups in total. The van der Waals surface area contributed by atoms with E-state index in [4.69, 9.17) is 16.6 Å². The smallest absolute Gasteiger partial charge is 0.357 e. The number of aromatic carboxylic acids is 1. The van der Waals surface area contributed by atoms with Crippen molar-refractivity contribution in [3.63, 3.8) is 0 Å². The van der Waals surface area contributed by atoms with Crippen LogP contribution in [0.3, 0.4) is 0 Å². The second-order valence-electron chi connectivity index (χ2n) is 8.00. The summed E-state index contributed by atoms with van der Waals surface area (Å²) in [5, 5.41) is 13.5. The molecule has 40 heavy (non-hydrogen) atoms. The number of benzene rings is 1. The highest BCUT2D eigenvalue weighted by Gasteiger charge is 2.40. The summed E-state index contributed by atoms with van der Waals surface area (Å²) in [4.78, 5) is 59.5. The van der Waals surface area contributed by atoms with Crippen LogP contribution in [-0.4, -0.2) is 69.1 Å². The first-order chi connectivity index (χ1) is 19.1. The van der Waals surface area contributed by atoms with Crippen LogP contribution in [0.15, 0.2) is 46.1 Å². The predicted molar refractivity (Wildman–Crippen MR) is 155 cm³/mol. The molecular formula is C24H27N7O6S3. The van der Waals surface area contributed by atoms with Gasteiger partial charge in [-0.05, 0) is 12.0 Å². The van der Waals surface area contributed by atoms with Gasteiger partial charge in [-0.15, -0.1) is 22.7 Å². The highest BCUT2D eigenvalue weighted by Crippen LogP contribution is 2.35. The molecule has 3 heterocycles. The van der Waals surface area contributed by atoms with E-state index in [0.717, 1.165) is 28.2 Å². The molecule has 2 aromatic heterocycles. The van der Waals surface area contributed by atoms with Gasteiger partial charge in [0.1, 0.15) is 0 Å². The molecular weight excluding hydrogens is 579 g/mol. The summed E-state index contributed by atoms with van der Waals surface area (Å²) in [5.41, 5.74) is 13.0. The number of aromatic nitrogens is 2. The molecule has 0 aliphatic carbocycles. The molecule has 0 radical (unpaired) electrons. The zero-order valence-corrected chi connectivity index (χ0v) is 23.9. The Morgan fingerprint density at radius 2 is 1.85 bits per heavy atom. The van der Waals surface area contributed by atoms with E-state index in [2.05, 4.69) is 25.0 Å². The molecule has 13 nitrogen and oxygen atoms in total. The summed E-state index contributed by atoms with van der Waals surface area (Å²) < 4.78 is 4.60. The molecule has 0 bridgehead atoms. The van der Waals surface area contributed by atoms with Gasteiger partial charge in [0, 0.05) is 29.1 Å². The van der Waals surface area contributed by atoms with Crippen LogP contribution in [0.25, 0.3) is 0 Å². The fourth-order valence-electron chi connectivity index (χ4n) is 3.22. The molecule has 0 saturated heterocycles. The molecule has 0 spiro atoms. The Morgan fingerprint density at radius 3 is 2.42 bits per heavy atom. The van der Waals surface area contributed by atoms with Crippen molar-refractivity contribution in [2.75, 3.05) is 23.1 Å². The van der Waals surface area contributed by atoms with Gasteiger partial charge in [0.25, 0.3) is 0 Å². The van der Waals surface area contributed by atoms with Gasteiger partial charge in [0.05, 0.1) is 13.2 Å². The number of hydrogen-bond acceptors (Lipinski definition) is 13. The van der Waals surface area contributed by atoms with Crippen molar-refractivity contribution in [2.45, 2.75) is 30.9 Å². The van der Waals surface area contributed by atoms with Gasteiger partial charge >= 0.3 is 11.9 Å². The number of hydrogen-bond donors (Lipinski definition) is 4. The number of ether oxygens (including phenoxy) is 1. The number of thioether (sulfide) groups is 1. The van der Waals surface area contributed by atoms with Gasteiger partial charge in [-0.2, -0.15) is 0 Å². The Morgan fingerprint density at radius 1 is 1.15 bits per heavy atom. The van der Waals surface area contributed by atoms with E-state index >= 15 is 0 Å². The van der Waals surface area contributed by atoms with E-state index in [1.165, 1.54) is 34.5 Å². The van der Waals surface area contributed by atoms with Crippen LogP contribution in [0.4, 0.5) is 10.3 Å². The summed E-state index contributed by atoms with van der Waals surface area (Å²) in [7, 11) is 1.28. The average molecular weight is 606 g/mol. The lowest BCUT2D eigenvalue weighted by Gasteiger charge is -2.32. The van der Waals surface area contributed by atoms with E-state index in [9.17, 15) is 19.2 Å². The van der Waals surface area contributed by atoms with Gasteiger partial charge < -0.3 is 20.9 Å². The maximum atomic E-state index is 12.2.